The summed E-state index contributed by atoms with van der Waals surface area (Å²) in [6.45, 7) is -0.0813. The Balaban J connectivity index is 1.44. The Morgan fingerprint density at radius 2 is 1.56 bits per heavy atom. The van der Waals surface area contributed by atoms with Crippen molar-refractivity contribution in [3.05, 3.63) is 78.4 Å². The fourth-order valence-corrected chi connectivity index (χ4v) is 2.64. The first-order chi connectivity index (χ1) is 13.1. The predicted molar refractivity (Wildman–Crippen MR) is 103 cm³/mol. The summed E-state index contributed by atoms with van der Waals surface area (Å²) in [6, 6.07) is 23.1. The average Bonchev–Trinajstić information content (AvgIpc) is 2.71. The van der Waals surface area contributed by atoms with Crippen molar-refractivity contribution in [1.29, 1.82) is 0 Å². The molecule has 0 fully saturated rings. The molecule has 0 atom stereocenters. The summed E-state index contributed by atoms with van der Waals surface area (Å²) in [5.41, 5.74) is 1.01. The lowest BCUT2D eigenvalue weighted by molar-refractivity contribution is -0.153. The van der Waals surface area contributed by atoms with E-state index in [-0.39, 0.29) is 19.1 Å². The Labute approximate surface area is 158 Å². The van der Waals surface area contributed by atoms with Crippen LogP contribution in [0.4, 0.5) is 0 Å². The molecule has 0 heterocycles. The molecule has 0 bridgehead atoms. The number of fused-ring (bicyclic) bond motifs is 1. The number of ether oxygens (including phenoxy) is 2. The maximum Gasteiger partial charge on any atom is 0.344 e. The molecule has 0 saturated carbocycles. The second kappa shape index (κ2) is 8.85. The Bertz CT molecular complexity index is 924. The molecule has 0 unspecified atom stereocenters. The molecule has 0 aliphatic rings. The van der Waals surface area contributed by atoms with E-state index in [1.165, 1.54) is 4.90 Å². The summed E-state index contributed by atoms with van der Waals surface area (Å²) in [6.07, 6.45) is 0. The van der Waals surface area contributed by atoms with Gasteiger partial charge in [-0.15, -0.1) is 0 Å². The maximum absolute atomic E-state index is 12.1. The van der Waals surface area contributed by atoms with Crippen LogP contribution < -0.4 is 4.74 Å². The average molecular weight is 363 g/mol. The largest absolute Gasteiger partial charge is 0.482 e. The van der Waals surface area contributed by atoms with Crippen molar-refractivity contribution in [1.82, 2.24) is 4.90 Å². The number of rotatable bonds is 7. The van der Waals surface area contributed by atoms with E-state index in [9.17, 15) is 9.59 Å². The van der Waals surface area contributed by atoms with Crippen LogP contribution in [0.5, 0.6) is 5.75 Å². The third kappa shape index (κ3) is 5.31. The van der Waals surface area contributed by atoms with E-state index < -0.39 is 5.97 Å². The summed E-state index contributed by atoms with van der Waals surface area (Å²) < 4.78 is 10.5. The monoisotopic (exact) mass is 363 g/mol. The molecule has 0 aliphatic carbocycles. The van der Waals surface area contributed by atoms with Gasteiger partial charge in [0.1, 0.15) is 5.75 Å². The highest BCUT2D eigenvalue weighted by molar-refractivity contribution is 5.84. The molecule has 5 heteroatoms. The van der Waals surface area contributed by atoms with Gasteiger partial charge in [0, 0.05) is 13.6 Å². The molecular weight excluding hydrogens is 342 g/mol. The zero-order valence-electron chi connectivity index (χ0n) is 15.1. The number of amides is 1. The summed E-state index contributed by atoms with van der Waals surface area (Å²) in [4.78, 5) is 25.4. The zero-order valence-corrected chi connectivity index (χ0v) is 15.1. The lowest BCUT2D eigenvalue weighted by Crippen LogP contribution is -2.31. The van der Waals surface area contributed by atoms with E-state index >= 15 is 0 Å². The van der Waals surface area contributed by atoms with Gasteiger partial charge in [0.2, 0.25) is 0 Å². The normalized spacial score (nSPS) is 10.4. The first-order valence-corrected chi connectivity index (χ1v) is 8.67. The molecule has 0 aromatic heterocycles. The van der Waals surface area contributed by atoms with Crippen LogP contribution in [0.3, 0.4) is 0 Å². The van der Waals surface area contributed by atoms with Crippen LogP contribution >= 0.6 is 0 Å². The number of benzene rings is 3. The number of likely N-dealkylation sites (N-methyl/N-ethyl adjacent to an activating group) is 1. The molecule has 0 radical (unpaired) electrons. The molecule has 3 rings (SSSR count). The molecule has 138 valence electrons. The van der Waals surface area contributed by atoms with Crippen LogP contribution in [0.2, 0.25) is 0 Å². The van der Waals surface area contributed by atoms with Gasteiger partial charge in [-0.3, -0.25) is 4.79 Å². The Kier molecular flexibility index (Phi) is 6.05. The van der Waals surface area contributed by atoms with Crippen molar-refractivity contribution in [3.8, 4) is 5.75 Å². The minimum absolute atomic E-state index is 0.242. The van der Waals surface area contributed by atoms with Gasteiger partial charge in [-0.2, -0.15) is 0 Å². The van der Waals surface area contributed by atoms with Gasteiger partial charge < -0.3 is 14.4 Å². The van der Waals surface area contributed by atoms with Crippen LogP contribution in [0, 0.1) is 0 Å². The van der Waals surface area contributed by atoms with Crippen molar-refractivity contribution >= 4 is 22.6 Å². The van der Waals surface area contributed by atoms with Crippen molar-refractivity contribution in [2.45, 2.75) is 6.54 Å². The topological polar surface area (TPSA) is 55.8 Å². The molecule has 0 aliphatic heterocycles. The van der Waals surface area contributed by atoms with E-state index in [1.807, 2.05) is 66.7 Å². The van der Waals surface area contributed by atoms with Crippen LogP contribution in [-0.2, 0) is 20.9 Å². The predicted octanol–water partition coefficient (Wildman–Crippen LogP) is 3.42. The first-order valence-electron chi connectivity index (χ1n) is 8.67. The SMILES string of the molecule is CN(Cc1ccccc1)C(=O)COC(=O)COc1ccc2ccccc2c1. The van der Waals surface area contributed by atoms with E-state index in [0.29, 0.717) is 12.3 Å². The molecular formula is C22H21NO4. The minimum atomic E-state index is -0.579. The minimum Gasteiger partial charge on any atom is -0.482 e. The van der Waals surface area contributed by atoms with Crippen molar-refractivity contribution in [2.24, 2.45) is 0 Å². The van der Waals surface area contributed by atoms with E-state index in [2.05, 4.69) is 0 Å². The zero-order chi connectivity index (χ0) is 19.1. The fourth-order valence-electron chi connectivity index (χ4n) is 2.64. The quantitative estimate of drug-likeness (QED) is 0.604. The number of hydrogen-bond acceptors (Lipinski definition) is 4. The van der Waals surface area contributed by atoms with Crippen LogP contribution in [-0.4, -0.2) is 37.0 Å². The fraction of sp³-hybridized carbons (Fsp3) is 0.182. The number of hydrogen-bond donors (Lipinski definition) is 0. The number of esters is 1. The molecule has 3 aromatic carbocycles. The molecule has 27 heavy (non-hydrogen) atoms. The van der Waals surface area contributed by atoms with Gasteiger partial charge in [-0.25, -0.2) is 4.79 Å². The van der Waals surface area contributed by atoms with E-state index in [4.69, 9.17) is 9.47 Å². The summed E-state index contributed by atoms with van der Waals surface area (Å²) in [7, 11) is 1.68. The summed E-state index contributed by atoms with van der Waals surface area (Å²) in [5, 5.41) is 2.13. The number of carbonyl (C=O) groups excluding carboxylic acids is 2. The molecule has 0 N–H and O–H groups in total. The Morgan fingerprint density at radius 1 is 0.852 bits per heavy atom. The van der Waals surface area contributed by atoms with Gasteiger partial charge in [0.05, 0.1) is 0 Å². The lowest BCUT2D eigenvalue weighted by atomic mass is 10.1. The van der Waals surface area contributed by atoms with E-state index in [0.717, 1.165) is 16.3 Å². The smallest absolute Gasteiger partial charge is 0.344 e. The summed E-state index contributed by atoms with van der Waals surface area (Å²) in [5.74, 6) is -0.263. The highest BCUT2D eigenvalue weighted by Crippen LogP contribution is 2.20. The second-order valence-corrected chi connectivity index (χ2v) is 6.19. The van der Waals surface area contributed by atoms with Gasteiger partial charge in [0.25, 0.3) is 5.91 Å². The Hall–Kier alpha value is -3.34. The Morgan fingerprint density at radius 3 is 2.33 bits per heavy atom. The molecule has 0 saturated heterocycles. The van der Waals surface area contributed by atoms with Gasteiger partial charge in [-0.1, -0.05) is 60.7 Å². The molecule has 3 aromatic rings. The van der Waals surface area contributed by atoms with Crippen LogP contribution in [0.15, 0.2) is 72.8 Å². The van der Waals surface area contributed by atoms with Crippen molar-refractivity contribution < 1.29 is 19.1 Å². The molecule has 1 amide bonds. The summed E-state index contributed by atoms with van der Waals surface area (Å²) >= 11 is 0. The second-order valence-electron chi connectivity index (χ2n) is 6.19. The third-order valence-electron chi connectivity index (χ3n) is 4.12. The van der Waals surface area contributed by atoms with Crippen molar-refractivity contribution in [2.75, 3.05) is 20.3 Å². The van der Waals surface area contributed by atoms with Crippen LogP contribution in [0.1, 0.15) is 5.56 Å². The standard InChI is InChI=1S/C22H21NO4/c1-23(14-17-7-3-2-4-8-17)21(24)15-27-22(25)16-26-20-12-11-18-9-5-6-10-19(18)13-20/h2-13H,14-16H2,1H3. The number of carbonyl (C=O) groups is 2. The highest BCUT2D eigenvalue weighted by atomic mass is 16.6. The number of nitrogens with zero attached hydrogens (tertiary/aromatic N) is 1. The highest BCUT2D eigenvalue weighted by Gasteiger charge is 2.13. The first kappa shape index (κ1) is 18.5. The van der Waals surface area contributed by atoms with E-state index in [1.54, 1.807) is 13.1 Å². The van der Waals surface area contributed by atoms with Crippen molar-refractivity contribution in [3.63, 3.8) is 0 Å². The lowest BCUT2D eigenvalue weighted by Gasteiger charge is -2.17. The molecule has 5 nitrogen and oxygen atoms in total. The third-order valence-corrected chi connectivity index (χ3v) is 4.12. The van der Waals surface area contributed by atoms with Gasteiger partial charge in [-0.05, 0) is 28.5 Å². The maximum atomic E-state index is 12.1. The van der Waals surface area contributed by atoms with Gasteiger partial charge >= 0.3 is 5.97 Å². The van der Waals surface area contributed by atoms with Gasteiger partial charge in [0.15, 0.2) is 13.2 Å². The van der Waals surface area contributed by atoms with Crippen LogP contribution in [0.25, 0.3) is 10.8 Å². The molecule has 0 spiro atoms.